The van der Waals surface area contributed by atoms with Gasteiger partial charge < -0.3 is 15.5 Å². The van der Waals surface area contributed by atoms with Gasteiger partial charge in [-0.15, -0.1) is 0 Å². The number of benzene rings is 1. The van der Waals surface area contributed by atoms with Crippen molar-refractivity contribution in [1.82, 2.24) is 9.78 Å². The van der Waals surface area contributed by atoms with Crippen molar-refractivity contribution in [2.24, 2.45) is 7.05 Å². The molecule has 132 valence electrons. The van der Waals surface area contributed by atoms with Gasteiger partial charge in [-0.25, -0.2) is 4.39 Å². The second-order valence-electron chi connectivity index (χ2n) is 6.01. The van der Waals surface area contributed by atoms with E-state index in [9.17, 15) is 14.0 Å². The van der Waals surface area contributed by atoms with Crippen LogP contribution in [0.25, 0.3) is 0 Å². The van der Waals surface area contributed by atoms with Crippen LogP contribution in [-0.2, 0) is 16.6 Å². The van der Waals surface area contributed by atoms with Crippen molar-refractivity contribution >= 4 is 29.0 Å². The summed E-state index contributed by atoms with van der Waals surface area (Å²) in [6, 6.07) is 6.27. The fourth-order valence-electron chi connectivity index (χ4n) is 2.84. The molecule has 1 aromatic heterocycles. The first-order valence-corrected chi connectivity index (χ1v) is 8.08. The smallest absolute Gasteiger partial charge is 0.244 e. The van der Waals surface area contributed by atoms with Crippen LogP contribution in [0.3, 0.4) is 0 Å². The number of nitrogens with one attached hydrogen (secondary N) is 2. The summed E-state index contributed by atoms with van der Waals surface area (Å²) < 4.78 is 15.8. The van der Waals surface area contributed by atoms with Crippen LogP contribution in [0.1, 0.15) is 18.5 Å². The molecule has 25 heavy (non-hydrogen) atoms. The number of amides is 2. The van der Waals surface area contributed by atoms with E-state index in [1.54, 1.807) is 29.9 Å². The maximum atomic E-state index is 14.3. The number of aromatic nitrogens is 2. The minimum absolute atomic E-state index is 0.00827. The highest BCUT2D eigenvalue weighted by Gasteiger charge is 2.24. The average Bonchev–Trinajstić information content (AvgIpc) is 3.11. The second-order valence-corrected chi connectivity index (χ2v) is 6.01. The van der Waals surface area contributed by atoms with Crippen molar-refractivity contribution in [3.63, 3.8) is 0 Å². The lowest BCUT2D eigenvalue weighted by Gasteiger charge is -2.17. The molecular formula is C17H20FN5O2. The number of rotatable bonds is 5. The molecule has 1 aliphatic heterocycles. The van der Waals surface area contributed by atoms with Gasteiger partial charge in [-0.2, -0.15) is 5.10 Å². The molecule has 0 bridgehead atoms. The quantitative estimate of drug-likeness (QED) is 0.869. The van der Waals surface area contributed by atoms with Gasteiger partial charge in [0.05, 0.1) is 17.9 Å². The number of hydrogen-bond donors (Lipinski definition) is 2. The van der Waals surface area contributed by atoms with Crippen molar-refractivity contribution in [3.8, 4) is 0 Å². The van der Waals surface area contributed by atoms with Gasteiger partial charge in [0, 0.05) is 31.8 Å². The molecule has 2 amide bonds. The van der Waals surface area contributed by atoms with Crippen LogP contribution >= 0.6 is 0 Å². The van der Waals surface area contributed by atoms with Crippen LogP contribution in [0.15, 0.2) is 24.3 Å². The largest absolute Gasteiger partial charge is 0.376 e. The van der Waals surface area contributed by atoms with Crippen LogP contribution in [0.5, 0.6) is 0 Å². The molecule has 8 heteroatoms. The van der Waals surface area contributed by atoms with Gasteiger partial charge in [0.2, 0.25) is 11.8 Å². The molecule has 0 atom stereocenters. The Bertz CT molecular complexity index is 817. The Morgan fingerprint density at radius 1 is 1.36 bits per heavy atom. The van der Waals surface area contributed by atoms with Crippen molar-refractivity contribution < 1.29 is 14.0 Å². The zero-order valence-electron chi connectivity index (χ0n) is 14.2. The van der Waals surface area contributed by atoms with Crippen molar-refractivity contribution in [1.29, 1.82) is 0 Å². The van der Waals surface area contributed by atoms with E-state index in [0.29, 0.717) is 24.5 Å². The zero-order valence-corrected chi connectivity index (χ0v) is 14.2. The van der Waals surface area contributed by atoms with Gasteiger partial charge >= 0.3 is 0 Å². The maximum Gasteiger partial charge on any atom is 0.244 e. The van der Waals surface area contributed by atoms with Gasteiger partial charge in [0.15, 0.2) is 0 Å². The van der Waals surface area contributed by atoms with Crippen LogP contribution in [0, 0.1) is 12.7 Å². The number of aryl methyl sites for hydroxylation is 2. The van der Waals surface area contributed by atoms with Gasteiger partial charge in [-0.05, 0) is 31.5 Å². The van der Waals surface area contributed by atoms with Crippen molar-refractivity contribution in [2.75, 3.05) is 28.6 Å². The first-order valence-electron chi connectivity index (χ1n) is 8.08. The highest BCUT2D eigenvalue weighted by Crippen LogP contribution is 2.26. The molecule has 1 aromatic carbocycles. The summed E-state index contributed by atoms with van der Waals surface area (Å²) in [5, 5.41) is 9.75. The van der Waals surface area contributed by atoms with E-state index in [-0.39, 0.29) is 24.0 Å². The fourth-order valence-corrected chi connectivity index (χ4v) is 2.84. The molecule has 3 rings (SSSR count). The second kappa shape index (κ2) is 6.92. The maximum absolute atomic E-state index is 14.3. The Kier molecular flexibility index (Phi) is 4.69. The van der Waals surface area contributed by atoms with Crippen LogP contribution in [-0.4, -0.2) is 34.7 Å². The van der Waals surface area contributed by atoms with E-state index in [0.717, 1.165) is 12.1 Å². The Hall–Kier alpha value is -2.90. The van der Waals surface area contributed by atoms with E-state index in [2.05, 4.69) is 15.7 Å². The topological polar surface area (TPSA) is 79.3 Å². The predicted octanol–water partition coefficient (Wildman–Crippen LogP) is 2.05. The number of carbonyl (C=O) groups is 2. The molecular weight excluding hydrogens is 325 g/mol. The lowest BCUT2D eigenvalue weighted by atomic mass is 10.2. The molecule has 1 aliphatic rings. The Morgan fingerprint density at radius 2 is 2.16 bits per heavy atom. The molecule has 7 nitrogen and oxygen atoms in total. The van der Waals surface area contributed by atoms with Crippen molar-refractivity contribution in [2.45, 2.75) is 19.8 Å². The van der Waals surface area contributed by atoms with Gasteiger partial charge in [0.25, 0.3) is 0 Å². The molecule has 0 radical (unpaired) electrons. The first-order chi connectivity index (χ1) is 11.9. The number of carbonyl (C=O) groups excluding carboxylic acids is 2. The van der Waals surface area contributed by atoms with E-state index in [1.807, 2.05) is 6.92 Å². The lowest BCUT2D eigenvalue weighted by Crippen LogP contribution is -2.25. The molecule has 0 aliphatic carbocycles. The van der Waals surface area contributed by atoms with E-state index < -0.39 is 5.82 Å². The zero-order chi connectivity index (χ0) is 18.0. The Labute approximate surface area is 144 Å². The third-order valence-corrected chi connectivity index (χ3v) is 4.03. The molecule has 2 N–H and O–H groups in total. The Balaban J connectivity index is 1.59. The molecule has 2 heterocycles. The molecule has 0 spiro atoms. The monoisotopic (exact) mass is 345 g/mol. The summed E-state index contributed by atoms with van der Waals surface area (Å²) in [6.45, 7) is 2.37. The molecule has 1 fully saturated rings. The van der Waals surface area contributed by atoms with Gasteiger partial charge in [-0.3, -0.25) is 14.3 Å². The Morgan fingerprint density at radius 3 is 2.76 bits per heavy atom. The van der Waals surface area contributed by atoms with Gasteiger partial charge in [0.1, 0.15) is 11.6 Å². The summed E-state index contributed by atoms with van der Waals surface area (Å²) in [6.07, 6.45) is 1.19. The van der Waals surface area contributed by atoms with E-state index >= 15 is 0 Å². The standard InChI is InChI=1S/C17H20FN5O2/c1-11-8-15(22(2)21-11)20-16(24)10-19-12-5-6-14(13(18)9-12)23-7-3-4-17(23)25/h5-6,8-9,19H,3-4,7,10H2,1-2H3,(H,20,24). The number of hydrogen-bond acceptors (Lipinski definition) is 4. The molecule has 1 saturated heterocycles. The normalized spacial score (nSPS) is 14.0. The van der Waals surface area contributed by atoms with E-state index in [1.165, 1.54) is 11.0 Å². The van der Waals surface area contributed by atoms with Crippen LogP contribution in [0.4, 0.5) is 21.6 Å². The first kappa shape index (κ1) is 16.9. The number of nitrogens with zero attached hydrogens (tertiary/aromatic N) is 3. The SMILES string of the molecule is Cc1cc(NC(=O)CNc2ccc(N3CCCC3=O)c(F)c2)n(C)n1. The highest BCUT2D eigenvalue weighted by atomic mass is 19.1. The molecule has 0 unspecified atom stereocenters. The van der Waals surface area contributed by atoms with Crippen LogP contribution in [0.2, 0.25) is 0 Å². The highest BCUT2D eigenvalue weighted by molar-refractivity contribution is 5.96. The van der Waals surface area contributed by atoms with Crippen LogP contribution < -0.4 is 15.5 Å². The summed E-state index contributed by atoms with van der Waals surface area (Å²) in [5.74, 6) is -0.214. The van der Waals surface area contributed by atoms with Gasteiger partial charge in [-0.1, -0.05) is 0 Å². The number of anilines is 3. The fraction of sp³-hybridized carbons (Fsp3) is 0.353. The van der Waals surface area contributed by atoms with E-state index in [4.69, 9.17) is 0 Å². The summed E-state index contributed by atoms with van der Waals surface area (Å²) in [5.41, 5.74) is 1.56. The minimum Gasteiger partial charge on any atom is -0.376 e. The lowest BCUT2D eigenvalue weighted by molar-refractivity contribution is -0.117. The third-order valence-electron chi connectivity index (χ3n) is 4.03. The summed E-state index contributed by atoms with van der Waals surface area (Å²) in [7, 11) is 1.74. The van der Waals surface area contributed by atoms with Crippen molar-refractivity contribution in [3.05, 3.63) is 35.8 Å². The minimum atomic E-state index is -0.483. The third kappa shape index (κ3) is 3.78. The summed E-state index contributed by atoms with van der Waals surface area (Å²) in [4.78, 5) is 25.2. The molecule has 0 saturated carbocycles. The summed E-state index contributed by atoms with van der Waals surface area (Å²) >= 11 is 0. The number of halogens is 1. The predicted molar refractivity (Wildman–Crippen MR) is 93.1 cm³/mol. The molecule has 2 aromatic rings. The average molecular weight is 345 g/mol.